The van der Waals surface area contributed by atoms with Crippen molar-refractivity contribution in [3.8, 4) is 0 Å². The fourth-order valence-corrected chi connectivity index (χ4v) is 1.21. The molecule has 4 heteroatoms. The van der Waals surface area contributed by atoms with Crippen LogP contribution in [0.2, 0.25) is 0 Å². The molecule has 0 saturated heterocycles. The second-order valence-corrected chi connectivity index (χ2v) is 3.68. The average molecular weight is 202 g/mol. The second-order valence-electron chi connectivity index (χ2n) is 3.68. The zero-order valence-corrected chi connectivity index (χ0v) is 9.18. The van der Waals surface area contributed by atoms with Crippen molar-refractivity contribution in [3.05, 3.63) is 0 Å². The maximum atomic E-state index is 10.4. The Kier molecular flexibility index (Phi) is 6.49. The Balaban J connectivity index is 3.47. The van der Waals surface area contributed by atoms with E-state index in [1.807, 2.05) is 13.8 Å². The van der Waals surface area contributed by atoms with Crippen LogP contribution in [0.1, 0.15) is 39.5 Å². The number of nitrogens with two attached hydrogens (primary N) is 1. The summed E-state index contributed by atoms with van der Waals surface area (Å²) in [6, 6.07) is 0. The molecule has 4 nitrogen and oxygen atoms in total. The third-order valence-electron chi connectivity index (χ3n) is 2.55. The van der Waals surface area contributed by atoms with Gasteiger partial charge in [0.15, 0.2) is 0 Å². The summed E-state index contributed by atoms with van der Waals surface area (Å²) in [4.78, 5) is 10.4. The van der Waals surface area contributed by atoms with Gasteiger partial charge in [-0.25, -0.2) is 0 Å². The minimum Gasteiger partial charge on any atom is -0.389 e. The van der Waals surface area contributed by atoms with Crippen molar-refractivity contribution in [2.45, 2.75) is 45.1 Å². The van der Waals surface area contributed by atoms with E-state index in [-0.39, 0.29) is 5.91 Å². The van der Waals surface area contributed by atoms with E-state index in [4.69, 9.17) is 5.73 Å². The molecule has 84 valence electrons. The molecule has 0 rings (SSSR count). The van der Waals surface area contributed by atoms with E-state index in [0.717, 1.165) is 25.8 Å². The highest BCUT2D eigenvalue weighted by Crippen LogP contribution is 2.12. The van der Waals surface area contributed by atoms with Crippen molar-refractivity contribution in [1.82, 2.24) is 5.32 Å². The summed E-state index contributed by atoms with van der Waals surface area (Å²) >= 11 is 0. The molecule has 0 spiro atoms. The van der Waals surface area contributed by atoms with Gasteiger partial charge in [-0.15, -0.1) is 0 Å². The predicted octanol–water partition coefficient (Wildman–Crippen LogP) is 0.393. The molecule has 0 heterocycles. The molecule has 0 unspecified atom stereocenters. The molecule has 0 aromatic heterocycles. The van der Waals surface area contributed by atoms with Crippen LogP contribution in [0.15, 0.2) is 0 Å². The first-order valence-corrected chi connectivity index (χ1v) is 5.25. The first kappa shape index (κ1) is 13.4. The number of amides is 1. The van der Waals surface area contributed by atoms with Crippen LogP contribution in [0.5, 0.6) is 0 Å². The van der Waals surface area contributed by atoms with Gasteiger partial charge in [0.05, 0.1) is 5.60 Å². The van der Waals surface area contributed by atoms with E-state index in [0.29, 0.717) is 13.0 Å². The van der Waals surface area contributed by atoms with Crippen LogP contribution < -0.4 is 11.1 Å². The predicted molar refractivity (Wildman–Crippen MR) is 56.8 cm³/mol. The second kappa shape index (κ2) is 6.79. The Morgan fingerprint density at radius 3 is 2.43 bits per heavy atom. The highest BCUT2D eigenvalue weighted by molar-refractivity contribution is 5.73. The fourth-order valence-electron chi connectivity index (χ4n) is 1.21. The molecule has 0 saturated carbocycles. The number of primary amides is 1. The Labute approximate surface area is 85.9 Å². The Hall–Kier alpha value is -0.610. The van der Waals surface area contributed by atoms with Gasteiger partial charge >= 0.3 is 0 Å². The Bertz CT molecular complexity index is 168. The number of nitrogens with one attached hydrogen (secondary N) is 1. The molecular weight excluding hydrogens is 180 g/mol. The van der Waals surface area contributed by atoms with Crippen molar-refractivity contribution in [1.29, 1.82) is 0 Å². The third kappa shape index (κ3) is 5.94. The van der Waals surface area contributed by atoms with Crippen LogP contribution in [0.3, 0.4) is 0 Å². The molecule has 0 aromatic carbocycles. The summed E-state index contributed by atoms with van der Waals surface area (Å²) in [6.45, 7) is 5.24. The number of carbonyl (C=O) groups is 1. The maximum absolute atomic E-state index is 10.4. The summed E-state index contributed by atoms with van der Waals surface area (Å²) in [5, 5.41) is 13.0. The number of rotatable bonds is 8. The van der Waals surface area contributed by atoms with Crippen LogP contribution in [0.25, 0.3) is 0 Å². The molecule has 14 heavy (non-hydrogen) atoms. The van der Waals surface area contributed by atoms with E-state index >= 15 is 0 Å². The molecule has 1 amide bonds. The summed E-state index contributed by atoms with van der Waals surface area (Å²) in [5.41, 5.74) is 4.39. The molecule has 4 N–H and O–H groups in total. The number of aliphatic hydroxyl groups is 1. The van der Waals surface area contributed by atoms with Crippen molar-refractivity contribution in [2.75, 3.05) is 13.1 Å². The summed E-state index contributed by atoms with van der Waals surface area (Å²) in [5.74, 6) is -0.270. The van der Waals surface area contributed by atoms with Crippen LogP contribution in [-0.4, -0.2) is 29.7 Å². The molecule has 0 radical (unpaired) electrons. The smallest absolute Gasteiger partial charge is 0.217 e. The van der Waals surface area contributed by atoms with Gasteiger partial charge in [0.1, 0.15) is 0 Å². The van der Waals surface area contributed by atoms with E-state index < -0.39 is 5.60 Å². The summed E-state index contributed by atoms with van der Waals surface area (Å²) in [7, 11) is 0. The van der Waals surface area contributed by atoms with E-state index in [1.54, 1.807) is 0 Å². The molecule has 0 aliphatic carbocycles. The van der Waals surface area contributed by atoms with Gasteiger partial charge in [-0.3, -0.25) is 4.79 Å². The monoisotopic (exact) mass is 202 g/mol. The van der Waals surface area contributed by atoms with Crippen LogP contribution >= 0.6 is 0 Å². The highest BCUT2D eigenvalue weighted by atomic mass is 16.3. The third-order valence-corrected chi connectivity index (χ3v) is 2.55. The summed E-state index contributed by atoms with van der Waals surface area (Å²) < 4.78 is 0. The molecule has 0 bridgehead atoms. The topological polar surface area (TPSA) is 75.3 Å². The average Bonchev–Trinajstić information content (AvgIpc) is 2.16. The molecule has 0 aliphatic heterocycles. The van der Waals surface area contributed by atoms with E-state index in [9.17, 15) is 9.90 Å². The number of carbonyl (C=O) groups excluding carboxylic acids is 1. The lowest BCUT2D eigenvalue weighted by Gasteiger charge is -2.25. The quantitative estimate of drug-likeness (QED) is 0.498. The van der Waals surface area contributed by atoms with E-state index in [1.165, 1.54) is 0 Å². The van der Waals surface area contributed by atoms with Crippen LogP contribution in [0.4, 0.5) is 0 Å². The summed E-state index contributed by atoms with van der Waals surface area (Å²) in [6.07, 6.45) is 2.63. The fraction of sp³-hybridized carbons (Fsp3) is 0.900. The van der Waals surface area contributed by atoms with Crippen LogP contribution in [0, 0.1) is 0 Å². The molecule has 0 atom stereocenters. The van der Waals surface area contributed by atoms with Crippen molar-refractivity contribution in [3.63, 3.8) is 0 Å². The van der Waals surface area contributed by atoms with Crippen LogP contribution in [-0.2, 0) is 4.79 Å². The molecule has 0 fully saturated rings. The minimum absolute atomic E-state index is 0.270. The van der Waals surface area contributed by atoms with Gasteiger partial charge in [-0.2, -0.15) is 0 Å². The SMILES string of the molecule is CCC(O)(CC)CNCCCC(N)=O. The van der Waals surface area contributed by atoms with Gasteiger partial charge in [0.2, 0.25) is 5.91 Å². The van der Waals surface area contributed by atoms with Crippen molar-refractivity contribution < 1.29 is 9.90 Å². The lowest BCUT2D eigenvalue weighted by atomic mass is 9.97. The first-order valence-electron chi connectivity index (χ1n) is 5.25. The largest absolute Gasteiger partial charge is 0.389 e. The van der Waals surface area contributed by atoms with Gasteiger partial charge in [-0.05, 0) is 25.8 Å². The van der Waals surface area contributed by atoms with Crippen molar-refractivity contribution in [2.24, 2.45) is 5.73 Å². The lowest BCUT2D eigenvalue weighted by Crippen LogP contribution is -2.39. The Morgan fingerprint density at radius 2 is 2.00 bits per heavy atom. The lowest BCUT2D eigenvalue weighted by molar-refractivity contribution is -0.118. The normalized spacial score (nSPS) is 11.6. The highest BCUT2D eigenvalue weighted by Gasteiger charge is 2.20. The van der Waals surface area contributed by atoms with Crippen molar-refractivity contribution >= 4 is 5.91 Å². The van der Waals surface area contributed by atoms with Gasteiger partial charge in [0.25, 0.3) is 0 Å². The minimum atomic E-state index is -0.604. The van der Waals surface area contributed by atoms with E-state index in [2.05, 4.69) is 5.32 Å². The number of hydrogen-bond acceptors (Lipinski definition) is 3. The molecule has 0 aliphatic rings. The van der Waals surface area contributed by atoms with Gasteiger partial charge < -0.3 is 16.2 Å². The zero-order chi connectivity index (χ0) is 11.0. The Morgan fingerprint density at radius 1 is 1.43 bits per heavy atom. The van der Waals surface area contributed by atoms with Gasteiger partial charge in [0, 0.05) is 13.0 Å². The van der Waals surface area contributed by atoms with Gasteiger partial charge in [-0.1, -0.05) is 13.8 Å². The zero-order valence-electron chi connectivity index (χ0n) is 9.18. The molecular formula is C10H22N2O2. The first-order chi connectivity index (χ1) is 6.54. The molecule has 0 aromatic rings. The standard InChI is InChI=1S/C10H22N2O2/c1-3-10(14,4-2)8-12-7-5-6-9(11)13/h12,14H,3-8H2,1-2H3,(H2,11,13). The number of hydrogen-bond donors (Lipinski definition) is 3. The maximum Gasteiger partial charge on any atom is 0.217 e.